The van der Waals surface area contributed by atoms with Gasteiger partial charge in [0.25, 0.3) is 5.91 Å². The SMILES string of the molecule is CNC1CCCN(C(=O)c2ccccc2COC)C1.Cl. The van der Waals surface area contributed by atoms with Crippen molar-refractivity contribution in [3.05, 3.63) is 35.4 Å². The lowest BCUT2D eigenvalue weighted by Gasteiger charge is -2.33. The lowest BCUT2D eigenvalue weighted by molar-refractivity contribution is 0.0693. The van der Waals surface area contributed by atoms with Crippen LogP contribution in [0.1, 0.15) is 28.8 Å². The van der Waals surface area contributed by atoms with E-state index in [1.165, 1.54) is 0 Å². The fourth-order valence-electron chi connectivity index (χ4n) is 2.58. The lowest BCUT2D eigenvalue weighted by atomic mass is 10.0. The van der Waals surface area contributed by atoms with Gasteiger partial charge in [-0.1, -0.05) is 18.2 Å². The van der Waals surface area contributed by atoms with E-state index in [-0.39, 0.29) is 18.3 Å². The number of nitrogens with zero attached hydrogens (tertiary/aromatic N) is 1. The van der Waals surface area contributed by atoms with E-state index in [1.54, 1.807) is 7.11 Å². The second-order valence-corrected chi connectivity index (χ2v) is 4.97. The molecule has 1 amide bonds. The fraction of sp³-hybridized carbons (Fsp3) is 0.533. The molecule has 20 heavy (non-hydrogen) atoms. The summed E-state index contributed by atoms with van der Waals surface area (Å²) in [5.41, 5.74) is 1.72. The minimum Gasteiger partial charge on any atom is -0.380 e. The molecule has 0 aromatic heterocycles. The molecule has 1 N–H and O–H groups in total. The van der Waals surface area contributed by atoms with Gasteiger partial charge in [0.05, 0.1) is 6.61 Å². The van der Waals surface area contributed by atoms with Crippen LogP contribution in [0.25, 0.3) is 0 Å². The monoisotopic (exact) mass is 298 g/mol. The van der Waals surface area contributed by atoms with Crippen molar-refractivity contribution < 1.29 is 9.53 Å². The van der Waals surface area contributed by atoms with E-state index in [9.17, 15) is 4.79 Å². The van der Waals surface area contributed by atoms with Crippen molar-refractivity contribution in [2.24, 2.45) is 0 Å². The molecular weight excluding hydrogens is 276 g/mol. The van der Waals surface area contributed by atoms with Crippen molar-refractivity contribution in [2.75, 3.05) is 27.2 Å². The zero-order chi connectivity index (χ0) is 13.7. The van der Waals surface area contributed by atoms with Crippen molar-refractivity contribution >= 4 is 18.3 Å². The van der Waals surface area contributed by atoms with Gasteiger partial charge in [-0.05, 0) is 31.5 Å². The van der Waals surface area contributed by atoms with Crippen molar-refractivity contribution in [1.29, 1.82) is 0 Å². The molecule has 1 fully saturated rings. The molecule has 112 valence electrons. The van der Waals surface area contributed by atoms with E-state index in [2.05, 4.69) is 5.32 Å². The number of ether oxygens (including phenoxy) is 1. The van der Waals surface area contributed by atoms with Crippen LogP contribution in [-0.2, 0) is 11.3 Å². The maximum atomic E-state index is 12.6. The Bertz CT molecular complexity index is 440. The molecule has 1 unspecified atom stereocenters. The van der Waals surface area contributed by atoms with Gasteiger partial charge in [0.15, 0.2) is 0 Å². The molecule has 1 saturated heterocycles. The number of likely N-dealkylation sites (tertiary alicyclic amines) is 1. The summed E-state index contributed by atoms with van der Waals surface area (Å²) >= 11 is 0. The van der Waals surface area contributed by atoms with Gasteiger partial charge in [-0.15, -0.1) is 12.4 Å². The average Bonchev–Trinajstić information content (AvgIpc) is 2.47. The summed E-state index contributed by atoms with van der Waals surface area (Å²) in [7, 11) is 3.61. The highest BCUT2D eigenvalue weighted by atomic mass is 35.5. The second kappa shape index (κ2) is 8.25. The van der Waals surface area contributed by atoms with E-state index in [4.69, 9.17) is 4.74 Å². The third-order valence-corrected chi connectivity index (χ3v) is 3.66. The van der Waals surface area contributed by atoms with Gasteiger partial charge in [0.1, 0.15) is 0 Å². The minimum atomic E-state index is 0. The van der Waals surface area contributed by atoms with Gasteiger partial charge in [-0.2, -0.15) is 0 Å². The number of likely N-dealkylation sites (N-methyl/N-ethyl adjacent to an activating group) is 1. The standard InChI is InChI=1S/C15H22N2O2.ClH/c1-16-13-7-5-9-17(10-13)15(18)14-8-4-3-6-12(14)11-19-2;/h3-4,6,8,13,16H,5,7,9-11H2,1-2H3;1H. The molecule has 1 heterocycles. The summed E-state index contributed by atoms with van der Waals surface area (Å²) in [5.74, 6) is 0.118. The van der Waals surface area contributed by atoms with E-state index < -0.39 is 0 Å². The maximum absolute atomic E-state index is 12.6. The summed E-state index contributed by atoms with van der Waals surface area (Å²) in [5, 5.41) is 3.26. The quantitative estimate of drug-likeness (QED) is 0.925. The Hall–Kier alpha value is -1.10. The Morgan fingerprint density at radius 3 is 2.90 bits per heavy atom. The van der Waals surface area contributed by atoms with Crippen LogP contribution in [0.5, 0.6) is 0 Å². The van der Waals surface area contributed by atoms with Gasteiger partial charge in [-0.25, -0.2) is 0 Å². The second-order valence-electron chi connectivity index (χ2n) is 4.97. The Morgan fingerprint density at radius 2 is 2.20 bits per heavy atom. The van der Waals surface area contributed by atoms with Gasteiger partial charge in [0, 0.05) is 31.8 Å². The molecule has 0 radical (unpaired) electrons. The third-order valence-electron chi connectivity index (χ3n) is 3.66. The van der Waals surface area contributed by atoms with Crippen LogP contribution in [0.15, 0.2) is 24.3 Å². The number of carbonyl (C=O) groups excluding carboxylic acids is 1. The molecule has 1 aromatic rings. The molecule has 1 atom stereocenters. The number of rotatable bonds is 4. The van der Waals surface area contributed by atoms with Gasteiger partial charge < -0.3 is 15.0 Å². The van der Waals surface area contributed by atoms with Crippen LogP contribution in [-0.4, -0.2) is 44.1 Å². The minimum absolute atomic E-state index is 0. The molecule has 0 aliphatic carbocycles. The molecule has 5 heteroatoms. The largest absolute Gasteiger partial charge is 0.380 e. The first-order chi connectivity index (χ1) is 9.26. The molecule has 0 bridgehead atoms. The zero-order valence-corrected chi connectivity index (χ0v) is 12.9. The van der Waals surface area contributed by atoms with E-state index >= 15 is 0 Å². The summed E-state index contributed by atoms with van der Waals surface area (Å²) in [6.45, 7) is 2.11. The summed E-state index contributed by atoms with van der Waals surface area (Å²) in [6, 6.07) is 8.10. The fourth-order valence-corrected chi connectivity index (χ4v) is 2.58. The Morgan fingerprint density at radius 1 is 1.45 bits per heavy atom. The predicted molar refractivity (Wildman–Crippen MR) is 82.4 cm³/mol. The van der Waals surface area contributed by atoms with Crippen LogP contribution >= 0.6 is 12.4 Å². The normalized spacial score (nSPS) is 18.5. The maximum Gasteiger partial charge on any atom is 0.254 e. The number of methoxy groups -OCH3 is 1. The highest BCUT2D eigenvalue weighted by molar-refractivity contribution is 5.95. The first-order valence-corrected chi connectivity index (χ1v) is 6.79. The van der Waals surface area contributed by atoms with E-state index in [1.807, 2.05) is 36.2 Å². The number of halogens is 1. The Labute approximate surface area is 126 Å². The van der Waals surface area contributed by atoms with E-state index in [0.717, 1.165) is 37.1 Å². The van der Waals surface area contributed by atoms with Gasteiger partial charge in [-0.3, -0.25) is 4.79 Å². The molecule has 4 nitrogen and oxygen atoms in total. The Balaban J connectivity index is 0.00000200. The summed E-state index contributed by atoms with van der Waals surface area (Å²) in [6.07, 6.45) is 2.20. The van der Waals surface area contributed by atoms with Gasteiger partial charge >= 0.3 is 0 Å². The molecule has 1 aromatic carbocycles. The lowest BCUT2D eigenvalue weighted by Crippen LogP contribution is -2.47. The first-order valence-electron chi connectivity index (χ1n) is 6.79. The molecule has 1 aliphatic heterocycles. The number of benzene rings is 1. The van der Waals surface area contributed by atoms with Gasteiger partial charge in [0.2, 0.25) is 0 Å². The zero-order valence-electron chi connectivity index (χ0n) is 12.1. The summed E-state index contributed by atoms with van der Waals surface area (Å²) in [4.78, 5) is 14.5. The number of carbonyl (C=O) groups is 1. The topological polar surface area (TPSA) is 41.6 Å². The van der Waals surface area contributed by atoms with E-state index in [0.29, 0.717) is 12.6 Å². The molecular formula is C15H23ClN2O2. The highest BCUT2D eigenvalue weighted by Crippen LogP contribution is 2.17. The van der Waals surface area contributed by atoms with Crippen molar-refractivity contribution in [3.8, 4) is 0 Å². The van der Waals surface area contributed by atoms with Crippen LogP contribution in [0.3, 0.4) is 0 Å². The first kappa shape index (κ1) is 17.0. The third kappa shape index (κ3) is 3.95. The van der Waals surface area contributed by atoms with Crippen LogP contribution in [0.2, 0.25) is 0 Å². The highest BCUT2D eigenvalue weighted by Gasteiger charge is 2.24. The number of nitrogens with one attached hydrogen (secondary N) is 1. The van der Waals surface area contributed by atoms with Crippen molar-refractivity contribution in [2.45, 2.75) is 25.5 Å². The summed E-state index contributed by atoms with van der Waals surface area (Å²) < 4.78 is 5.17. The molecule has 0 saturated carbocycles. The van der Waals surface area contributed by atoms with Crippen molar-refractivity contribution in [1.82, 2.24) is 10.2 Å². The van der Waals surface area contributed by atoms with Crippen LogP contribution in [0.4, 0.5) is 0 Å². The predicted octanol–water partition coefficient (Wildman–Crippen LogP) is 2.08. The van der Waals surface area contributed by atoms with Crippen molar-refractivity contribution in [3.63, 3.8) is 0 Å². The molecule has 0 spiro atoms. The molecule has 1 aliphatic rings. The molecule has 2 rings (SSSR count). The number of hydrogen-bond donors (Lipinski definition) is 1. The Kier molecular flexibility index (Phi) is 6.99. The number of amides is 1. The van der Waals surface area contributed by atoms with Crippen LogP contribution < -0.4 is 5.32 Å². The average molecular weight is 299 g/mol. The number of piperidine rings is 1. The van der Waals surface area contributed by atoms with Crippen LogP contribution in [0, 0.1) is 0 Å². The number of hydrogen-bond acceptors (Lipinski definition) is 3. The smallest absolute Gasteiger partial charge is 0.254 e.